The molecule has 1 N–H and O–H groups in total. The van der Waals surface area contributed by atoms with Crippen molar-refractivity contribution < 1.29 is 13.2 Å². The second kappa shape index (κ2) is 7.87. The van der Waals surface area contributed by atoms with E-state index in [0.717, 1.165) is 35.3 Å². The summed E-state index contributed by atoms with van der Waals surface area (Å²) in [5.74, 6) is 2.90. The zero-order valence-corrected chi connectivity index (χ0v) is 19.7. The normalized spacial score (nSPS) is 33.1. The fraction of sp³-hybridized carbons (Fsp3) is 0.720. The second-order valence-electron chi connectivity index (χ2n) is 11.1. The molecule has 31 heavy (non-hydrogen) atoms. The summed E-state index contributed by atoms with van der Waals surface area (Å²) in [7, 11) is -3.54. The van der Waals surface area contributed by atoms with Gasteiger partial charge in [0.05, 0.1) is 4.90 Å². The summed E-state index contributed by atoms with van der Waals surface area (Å²) in [4.78, 5) is 15.5. The van der Waals surface area contributed by atoms with Crippen LogP contribution in [0.15, 0.2) is 23.1 Å². The molecule has 0 atom stereocenters. The van der Waals surface area contributed by atoms with E-state index >= 15 is 0 Å². The second-order valence-corrected chi connectivity index (χ2v) is 12.8. The first kappa shape index (κ1) is 21.4. The Kier molecular flexibility index (Phi) is 5.45. The zero-order chi connectivity index (χ0) is 21.8. The molecule has 1 aliphatic heterocycles. The number of rotatable bonds is 5. The highest BCUT2D eigenvalue weighted by atomic mass is 32.2. The van der Waals surface area contributed by atoms with Gasteiger partial charge in [-0.15, -0.1) is 0 Å². The fourth-order valence-corrected chi connectivity index (χ4v) is 9.10. The average molecular weight is 445 g/mol. The van der Waals surface area contributed by atoms with Crippen LogP contribution in [0.25, 0.3) is 0 Å². The Labute approximate surface area is 187 Å². The van der Waals surface area contributed by atoms with Crippen LogP contribution in [0.3, 0.4) is 0 Å². The van der Waals surface area contributed by atoms with Crippen molar-refractivity contribution in [1.82, 2.24) is 9.62 Å². The number of aryl methyl sites for hydroxylation is 2. The minimum atomic E-state index is -3.54. The summed E-state index contributed by atoms with van der Waals surface area (Å²) in [5.41, 5.74) is 1.98. The molecule has 1 aromatic carbocycles. The van der Waals surface area contributed by atoms with Crippen LogP contribution < -0.4 is 4.72 Å². The molecule has 5 nitrogen and oxygen atoms in total. The number of hydrogen-bond acceptors (Lipinski definition) is 3. The standard InChI is InChI=1S/C25H36N2O3S/c1-17-3-4-18(2)23(9-17)31(29,30)26-22-5-7-27(8-6-22)24(28)16-25-13-19-10-20(14-25)12-21(11-19)15-25/h3-4,9,19-22,26H,5-8,10-16H2,1-2H3. The molecule has 6 heteroatoms. The van der Waals surface area contributed by atoms with E-state index in [0.29, 0.717) is 36.7 Å². The third kappa shape index (κ3) is 4.30. The molecule has 1 heterocycles. The number of carbonyl (C=O) groups excluding carboxylic acids is 1. The highest BCUT2D eigenvalue weighted by Gasteiger charge is 2.51. The van der Waals surface area contributed by atoms with Gasteiger partial charge in [-0.2, -0.15) is 0 Å². The van der Waals surface area contributed by atoms with Crippen LogP contribution in [0.2, 0.25) is 0 Å². The molecule has 1 aromatic rings. The summed E-state index contributed by atoms with van der Waals surface area (Å²) in [6.07, 6.45) is 10.1. The number of carbonyl (C=O) groups is 1. The van der Waals surface area contributed by atoms with Crippen molar-refractivity contribution in [3.05, 3.63) is 29.3 Å². The van der Waals surface area contributed by atoms with Crippen LogP contribution in [0.1, 0.15) is 68.9 Å². The maximum Gasteiger partial charge on any atom is 0.241 e. The predicted octanol–water partition coefficient (Wildman–Crippen LogP) is 4.18. The summed E-state index contributed by atoms with van der Waals surface area (Å²) < 4.78 is 28.7. The van der Waals surface area contributed by atoms with E-state index < -0.39 is 10.0 Å². The molecule has 4 saturated carbocycles. The number of likely N-dealkylation sites (tertiary alicyclic amines) is 1. The van der Waals surface area contributed by atoms with Gasteiger partial charge in [-0.05, 0) is 106 Å². The lowest BCUT2D eigenvalue weighted by molar-refractivity contribution is -0.140. The molecule has 5 fully saturated rings. The Balaban J connectivity index is 1.17. The predicted molar refractivity (Wildman–Crippen MR) is 121 cm³/mol. The largest absolute Gasteiger partial charge is 0.343 e. The van der Waals surface area contributed by atoms with E-state index in [9.17, 15) is 13.2 Å². The molecule has 1 amide bonds. The molecule has 4 aliphatic carbocycles. The molecule has 0 unspecified atom stereocenters. The lowest BCUT2D eigenvalue weighted by Crippen LogP contribution is -2.50. The molecular formula is C25H36N2O3S. The molecule has 5 aliphatic rings. The van der Waals surface area contributed by atoms with Gasteiger partial charge in [-0.3, -0.25) is 4.79 Å². The fourth-order valence-electron chi connectivity index (χ4n) is 7.47. The Hall–Kier alpha value is -1.40. The van der Waals surface area contributed by atoms with Crippen molar-refractivity contribution in [3.63, 3.8) is 0 Å². The highest BCUT2D eigenvalue weighted by Crippen LogP contribution is 2.61. The Morgan fingerprint density at radius 2 is 1.61 bits per heavy atom. The molecule has 6 rings (SSSR count). The topological polar surface area (TPSA) is 66.5 Å². The van der Waals surface area contributed by atoms with E-state index in [1.165, 1.54) is 38.5 Å². The SMILES string of the molecule is Cc1ccc(C)c(S(=O)(=O)NC2CCN(C(=O)CC34CC5CC(CC(C5)C3)C4)CC2)c1. The monoisotopic (exact) mass is 444 g/mol. The van der Waals surface area contributed by atoms with Crippen molar-refractivity contribution in [1.29, 1.82) is 0 Å². The molecule has 0 spiro atoms. The summed E-state index contributed by atoms with van der Waals surface area (Å²) >= 11 is 0. The molecule has 0 aromatic heterocycles. The molecule has 1 saturated heterocycles. The van der Waals surface area contributed by atoms with Gasteiger partial charge in [0, 0.05) is 25.6 Å². The van der Waals surface area contributed by atoms with Crippen LogP contribution in [-0.4, -0.2) is 38.4 Å². The van der Waals surface area contributed by atoms with Crippen LogP contribution in [-0.2, 0) is 14.8 Å². The minimum absolute atomic E-state index is 0.103. The van der Waals surface area contributed by atoms with Crippen molar-refractivity contribution in [3.8, 4) is 0 Å². The maximum atomic E-state index is 13.2. The zero-order valence-electron chi connectivity index (χ0n) is 18.9. The first-order valence-corrected chi connectivity index (χ1v) is 13.6. The van der Waals surface area contributed by atoms with Gasteiger partial charge in [-0.25, -0.2) is 13.1 Å². The van der Waals surface area contributed by atoms with Gasteiger partial charge >= 0.3 is 0 Å². The van der Waals surface area contributed by atoms with Crippen molar-refractivity contribution in [2.75, 3.05) is 13.1 Å². The van der Waals surface area contributed by atoms with E-state index in [1.54, 1.807) is 6.07 Å². The van der Waals surface area contributed by atoms with Crippen LogP contribution in [0.5, 0.6) is 0 Å². The third-order valence-corrected chi connectivity index (χ3v) is 10.2. The van der Waals surface area contributed by atoms with Crippen molar-refractivity contribution >= 4 is 15.9 Å². The van der Waals surface area contributed by atoms with Gasteiger partial charge in [0.1, 0.15) is 0 Å². The summed E-state index contributed by atoms with van der Waals surface area (Å²) in [6.45, 7) is 5.06. The number of benzene rings is 1. The maximum absolute atomic E-state index is 13.2. The Bertz CT molecular complexity index is 928. The highest BCUT2D eigenvalue weighted by molar-refractivity contribution is 7.89. The van der Waals surface area contributed by atoms with Crippen molar-refractivity contribution in [2.24, 2.45) is 23.2 Å². The van der Waals surface area contributed by atoms with Gasteiger partial charge in [0.25, 0.3) is 0 Å². The first-order chi connectivity index (χ1) is 14.7. The van der Waals surface area contributed by atoms with E-state index in [-0.39, 0.29) is 11.5 Å². The average Bonchev–Trinajstić information content (AvgIpc) is 2.68. The van der Waals surface area contributed by atoms with Gasteiger partial charge in [0.15, 0.2) is 0 Å². The molecule has 0 radical (unpaired) electrons. The van der Waals surface area contributed by atoms with Gasteiger partial charge in [-0.1, -0.05) is 12.1 Å². The summed E-state index contributed by atoms with van der Waals surface area (Å²) in [5, 5.41) is 0. The molecule has 170 valence electrons. The Morgan fingerprint density at radius 1 is 1.03 bits per heavy atom. The van der Waals surface area contributed by atoms with Crippen LogP contribution in [0, 0.1) is 37.0 Å². The van der Waals surface area contributed by atoms with E-state index in [2.05, 4.69) is 4.72 Å². The number of sulfonamides is 1. The minimum Gasteiger partial charge on any atom is -0.343 e. The lowest BCUT2D eigenvalue weighted by Gasteiger charge is -2.57. The van der Waals surface area contributed by atoms with Gasteiger partial charge < -0.3 is 4.90 Å². The quantitative estimate of drug-likeness (QED) is 0.741. The van der Waals surface area contributed by atoms with E-state index in [1.807, 2.05) is 30.9 Å². The lowest BCUT2D eigenvalue weighted by atomic mass is 9.49. The van der Waals surface area contributed by atoms with Crippen LogP contribution >= 0.6 is 0 Å². The number of piperidine rings is 1. The van der Waals surface area contributed by atoms with Crippen LogP contribution in [0.4, 0.5) is 0 Å². The van der Waals surface area contributed by atoms with Gasteiger partial charge in [0.2, 0.25) is 15.9 Å². The number of nitrogens with zero attached hydrogens (tertiary/aromatic N) is 1. The van der Waals surface area contributed by atoms with E-state index in [4.69, 9.17) is 0 Å². The number of hydrogen-bond donors (Lipinski definition) is 1. The number of nitrogens with one attached hydrogen (secondary N) is 1. The third-order valence-electron chi connectivity index (χ3n) is 8.49. The van der Waals surface area contributed by atoms with Crippen molar-refractivity contribution in [2.45, 2.75) is 82.6 Å². The first-order valence-electron chi connectivity index (χ1n) is 12.1. The molecular weight excluding hydrogens is 408 g/mol. The smallest absolute Gasteiger partial charge is 0.241 e. The Morgan fingerprint density at radius 3 is 2.19 bits per heavy atom. The number of amides is 1. The summed E-state index contributed by atoms with van der Waals surface area (Å²) in [6, 6.07) is 5.42. The molecule has 4 bridgehead atoms.